The van der Waals surface area contributed by atoms with E-state index in [0.29, 0.717) is 6.54 Å². The lowest BCUT2D eigenvalue weighted by Gasteiger charge is -1.95. The number of hydrogen-bond donors (Lipinski definition) is 2. The molecule has 14 heavy (non-hydrogen) atoms. The lowest BCUT2D eigenvalue weighted by molar-refractivity contribution is 1.08. The highest BCUT2D eigenvalue weighted by Crippen LogP contribution is 2.18. The van der Waals surface area contributed by atoms with Crippen LogP contribution in [-0.4, -0.2) is 4.98 Å². The van der Waals surface area contributed by atoms with E-state index in [1.807, 2.05) is 6.20 Å². The van der Waals surface area contributed by atoms with Crippen molar-refractivity contribution in [2.45, 2.75) is 13.5 Å². The standard InChI is InChI=1S/C10H12N2.2ClH/c1-7-2-3-10-9(4-7)8(5-11)6-12-10;;/h2-4,6,12H,5,11H2,1H3;2*1H. The molecule has 1 aromatic heterocycles. The molecular weight excluding hydrogens is 219 g/mol. The summed E-state index contributed by atoms with van der Waals surface area (Å²) in [6.07, 6.45) is 1.98. The smallest absolute Gasteiger partial charge is 0.0457 e. The van der Waals surface area contributed by atoms with E-state index in [9.17, 15) is 0 Å². The molecule has 0 unspecified atom stereocenters. The van der Waals surface area contributed by atoms with Gasteiger partial charge in [-0.3, -0.25) is 0 Å². The summed E-state index contributed by atoms with van der Waals surface area (Å²) in [7, 11) is 0. The third-order valence-electron chi connectivity index (χ3n) is 2.14. The fourth-order valence-electron chi connectivity index (χ4n) is 1.46. The minimum atomic E-state index is 0. The molecule has 0 atom stereocenters. The maximum atomic E-state index is 5.59. The van der Waals surface area contributed by atoms with E-state index in [1.54, 1.807) is 0 Å². The molecule has 4 heteroatoms. The number of hydrogen-bond acceptors (Lipinski definition) is 1. The topological polar surface area (TPSA) is 41.8 Å². The maximum absolute atomic E-state index is 5.59. The van der Waals surface area contributed by atoms with Gasteiger partial charge in [0.2, 0.25) is 0 Å². The number of nitrogens with one attached hydrogen (secondary N) is 1. The second kappa shape index (κ2) is 5.25. The average Bonchev–Trinajstić information content (AvgIpc) is 2.46. The summed E-state index contributed by atoms with van der Waals surface area (Å²) in [6, 6.07) is 6.34. The third kappa shape index (κ3) is 2.21. The Morgan fingerprint density at radius 2 is 2.00 bits per heavy atom. The van der Waals surface area contributed by atoms with Crippen molar-refractivity contribution in [2.24, 2.45) is 5.73 Å². The summed E-state index contributed by atoms with van der Waals surface area (Å²) in [5.41, 5.74) is 9.22. The maximum Gasteiger partial charge on any atom is 0.0457 e. The van der Waals surface area contributed by atoms with E-state index < -0.39 is 0 Å². The highest BCUT2D eigenvalue weighted by Gasteiger charge is 2.00. The Labute approximate surface area is 95.7 Å². The van der Waals surface area contributed by atoms with Crippen LogP contribution in [0.2, 0.25) is 0 Å². The molecule has 0 saturated carbocycles. The van der Waals surface area contributed by atoms with E-state index in [0.717, 1.165) is 0 Å². The highest BCUT2D eigenvalue weighted by molar-refractivity contribution is 5.85. The van der Waals surface area contributed by atoms with Crippen LogP contribution in [0.1, 0.15) is 11.1 Å². The largest absolute Gasteiger partial charge is 0.361 e. The number of fused-ring (bicyclic) bond motifs is 1. The second-order valence-electron chi connectivity index (χ2n) is 3.07. The van der Waals surface area contributed by atoms with Crippen LogP contribution in [0.25, 0.3) is 10.9 Å². The van der Waals surface area contributed by atoms with Crippen molar-refractivity contribution in [1.29, 1.82) is 0 Å². The summed E-state index contributed by atoms with van der Waals surface area (Å²) >= 11 is 0. The van der Waals surface area contributed by atoms with Gasteiger partial charge in [-0.2, -0.15) is 0 Å². The molecule has 2 aromatic rings. The van der Waals surface area contributed by atoms with Crippen molar-refractivity contribution in [1.82, 2.24) is 4.98 Å². The van der Waals surface area contributed by atoms with Gasteiger partial charge < -0.3 is 10.7 Å². The predicted molar refractivity (Wildman–Crippen MR) is 65.4 cm³/mol. The van der Waals surface area contributed by atoms with E-state index in [2.05, 4.69) is 30.1 Å². The number of aryl methyl sites for hydroxylation is 1. The molecule has 78 valence electrons. The van der Waals surface area contributed by atoms with Crippen LogP contribution in [0.4, 0.5) is 0 Å². The third-order valence-corrected chi connectivity index (χ3v) is 2.14. The van der Waals surface area contributed by atoms with Crippen LogP contribution in [0.5, 0.6) is 0 Å². The molecule has 0 fully saturated rings. The van der Waals surface area contributed by atoms with E-state index in [4.69, 9.17) is 5.73 Å². The van der Waals surface area contributed by atoms with Gasteiger partial charge in [0.25, 0.3) is 0 Å². The van der Waals surface area contributed by atoms with Crippen molar-refractivity contribution >= 4 is 35.7 Å². The number of H-pyrrole nitrogens is 1. The van der Waals surface area contributed by atoms with Gasteiger partial charge in [0.1, 0.15) is 0 Å². The second-order valence-corrected chi connectivity index (χ2v) is 3.07. The van der Waals surface area contributed by atoms with Crippen LogP contribution in [0.3, 0.4) is 0 Å². The van der Waals surface area contributed by atoms with Crippen molar-refractivity contribution < 1.29 is 0 Å². The molecule has 1 aromatic carbocycles. The van der Waals surface area contributed by atoms with Crippen LogP contribution in [0, 0.1) is 6.92 Å². The minimum Gasteiger partial charge on any atom is -0.361 e. The zero-order chi connectivity index (χ0) is 8.55. The lowest BCUT2D eigenvalue weighted by atomic mass is 10.1. The summed E-state index contributed by atoms with van der Waals surface area (Å²) in [5, 5.41) is 1.25. The summed E-state index contributed by atoms with van der Waals surface area (Å²) in [5.74, 6) is 0. The van der Waals surface area contributed by atoms with Crippen LogP contribution < -0.4 is 5.73 Å². The number of halogens is 2. The van der Waals surface area contributed by atoms with Gasteiger partial charge in [-0.25, -0.2) is 0 Å². The van der Waals surface area contributed by atoms with Gasteiger partial charge in [-0.05, 0) is 24.6 Å². The van der Waals surface area contributed by atoms with Crippen LogP contribution >= 0.6 is 24.8 Å². The Balaban J connectivity index is 0.000000845. The molecule has 0 radical (unpaired) electrons. The predicted octanol–water partition coefficient (Wildman–Crippen LogP) is 2.78. The fraction of sp³-hybridized carbons (Fsp3) is 0.200. The molecule has 0 aliphatic heterocycles. The van der Waals surface area contributed by atoms with Gasteiger partial charge in [0.05, 0.1) is 0 Å². The average molecular weight is 233 g/mol. The number of benzene rings is 1. The molecular formula is C10H14Cl2N2. The van der Waals surface area contributed by atoms with E-state index in [1.165, 1.54) is 22.0 Å². The lowest BCUT2D eigenvalue weighted by Crippen LogP contribution is -1.93. The SMILES string of the molecule is Cc1ccc2[nH]cc(CN)c2c1.Cl.Cl. The zero-order valence-corrected chi connectivity index (χ0v) is 9.54. The molecule has 3 N–H and O–H groups in total. The van der Waals surface area contributed by atoms with E-state index in [-0.39, 0.29) is 24.8 Å². The molecule has 2 nitrogen and oxygen atoms in total. The first-order valence-corrected chi connectivity index (χ1v) is 4.08. The fourth-order valence-corrected chi connectivity index (χ4v) is 1.46. The minimum absolute atomic E-state index is 0. The van der Waals surface area contributed by atoms with Crippen molar-refractivity contribution in [3.8, 4) is 0 Å². The molecule has 2 rings (SSSR count). The molecule has 0 bridgehead atoms. The van der Waals surface area contributed by atoms with E-state index >= 15 is 0 Å². The van der Waals surface area contributed by atoms with Crippen molar-refractivity contribution in [2.75, 3.05) is 0 Å². The summed E-state index contributed by atoms with van der Waals surface area (Å²) in [6.45, 7) is 2.69. The van der Waals surface area contributed by atoms with Crippen LogP contribution in [0.15, 0.2) is 24.4 Å². The van der Waals surface area contributed by atoms with Crippen molar-refractivity contribution in [3.63, 3.8) is 0 Å². The van der Waals surface area contributed by atoms with Gasteiger partial charge in [0, 0.05) is 23.6 Å². The number of aromatic nitrogens is 1. The quantitative estimate of drug-likeness (QED) is 0.781. The zero-order valence-electron chi connectivity index (χ0n) is 7.91. The Hall–Kier alpha value is -0.700. The summed E-state index contributed by atoms with van der Waals surface area (Å²) in [4.78, 5) is 3.19. The Kier molecular flexibility index (Phi) is 4.99. The van der Waals surface area contributed by atoms with Crippen molar-refractivity contribution in [3.05, 3.63) is 35.5 Å². The molecule has 1 heterocycles. The first-order chi connectivity index (χ1) is 5.81. The molecule has 0 saturated heterocycles. The van der Waals surface area contributed by atoms with Gasteiger partial charge in [0.15, 0.2) is 0 Å². The Morgan fingerprint density at radius 1 is 1.29 bits per heavy atom. The highest BCUT2D eigenvalue weighted by atomic mass is 35.5. The number of aromatic amines is 1. The molecule has 0 amide bonds. The monoisotopic (exact) mass is 232 g/mol. The van der Waals surface area contributed by atoms with Crippen LogP contribution in [-0.2, 0) is 6.54 Å². The normalized spacial score (nSPS) is 9.29. The Bertz CT molecular complexity index is 409. The molecule has 0 aliphatic carbocycles. The number of nitrogens with two attached hydrogens (primary N) is 1. The summed E-state index contributed by atoms with van der Waals surface area (Å²) < 4.78 is 0. The van der Waals surface area contributed by atoms with Gasteiger partial charge in [-0.15, -0.1) is 24.8 Å². The number of rotatable bonds is 1. The first kappa shape index (κ1) is 13.3. The molecule has 0 spiro atoms. The van der Waals surface area contributed by atoms with Gasteiger partial charge in [-0.1, -0.05) is 11.6 Å². The van der Waals surface area contributed by atoms with Gasteiger partial charge >= 0.3 is 0 Å². The Morgan fingerprint density at radius 3 is 2.64 bits per heavy atom. The first-order valence-electron chi connectivity index (χ1n) is 4.08. The molecule has 0 aliphatic rings.